The molecule has 2 N–H and O–H groups in total. The van der Waals surface area contributed by atoms with Crippen LogP contribution in [-0.2, 0) is 0 Å². The predicted molar refractivity (Wildman–Crippen MR) is 66.5 cm³/mol. The fourth-order valence-electron chi connectivity index (χ4n) is 1.92. The van der Waals surface area contributed by atoms with E-state index < -0.39 is 17.7 Å². The summed E-state index contributed by atoms with van der Waals surface area (Å²) in [7, 11) is 0. The van der Waals surface area contributed by atoms with Crippen LogP contribution in [-0.4, -0.2) is 11.0 Å². The van der Waals surface area contributed by atoms with Crippen molar-refractivity contribution in [3.63, 3.8) is 0 Å². The molecule has 0 aliphatic carbocycles. The zero-order valence-electron chi connectivity index (χ0n) is 8.55. The van der Waals surface area contributed by atoms with Crippen molar-refractivity contribution in [2.45, 2.75) is 24.1 Å². The van der Waals surface area contributed by atoms with Gasteiger partial charge in [0.2, 0.25) is 0 Å². The Labute approximate surface area is 106 Å². The molecule has 88 valence electrons. The van der Waals surface area contributed by atoms with Crippen molar-refractivity contribution in [3.05, 3.63) is 33.8 Å². The molecule has 1 aliphatic heterocycles. The number of halogens is 3. The minimum Gasteiger partial charge on any atom is -0.323 e. The van der Waals surface area contributed by atoms with Gasteiger partial charge in [0, 0.05) is 16.9 Å². The molecule has 1 fully saturated rings. The van der Waals surface area contributed by atoms with Crippen molar-refractivity contribution in [2.24, 2.45) is 5.73 Å². The molecule has 1 aromatic carbocycles. The number of benzene rings is 1. The molecule has 0 amide bonds. The second-order valence-corrected chi connectivity index (χ2v) is 6.04. The highest BCUT2D eigenvalue weighted by Gasteiger charge is 2.28. The highest BCUT2D eigenvalue weighted by molar-refractivity contribution is 9.10. The second kappa shape index (κ2) is 5.02. The Kier molecular flexibility index (Phi) is 3.87. The summed E-state index contributed by atoms with van der Waals surface area (Å²) in [6.07, 6.45) is 2.00. The van der Waals surface area contributed by atoms with E-state index in [0.29, 0.717) is 0 Å². The molecule has 2 rings (SSSR count). The van der Waals surface area contributed by atoms with E-state index in [-0.39, 0.29) is 15.3 Å². The van der Waals surface area contributed by atoms with Gasteiger partial charge in [-0.3, -0.25) is 0 Å². The lowest BCUT2D eigenvalue weighted by Gasteiger charge is -2.20. The Balaban J connectivity index is 2.34. The first-order valence-electron chi connectivity index (χ1n) is 5.12. The van der Waals surface area contributed by atoms with E-state index in [1.807, 2.05) is 0 Å². The van der Waals surface area contributed by atoms with E-state index in [1.165, 1.54) is 12.1 Å². The minimum absolute atomic E-state index is 0.00812. The lowest BCUT2D eigenvalue weighted by atomic mass is 10.0. The fraction of sp³-hybridized carbons (Fsp3) is 0.455. The van der Waals surface area contributed by atoms with Crippen molar-refractivity contribution >= 4 is 27.7 Å². The molecule has 0 spiro atoms. The van der Waals surface area contributed by atoms with Gasteiger partial charge in [0.15, 0.2) is 0 Å². The van der Waals surface area contributed by atoms with Crippen molar-refractivity contribution in [2.75, 3.05) is 5.75 Å². The number of thioether (sulfide) groups is 1. The molecule has 1 saturated heterocycles. The summed E-state index contributed by atoms with van der Waals surface area (Å²) in [5.74, 6) is -0.101. The molecule has 1 aromatic rings. The molecule has 0 radical (unpaired) electrons. The molecular formula is C11H12BrF2NS. The molecule has 1 aliphatic rings. The highest BCUT2D eigenvalue weighted by atomic mass is 79.9. The zero-order chi connectivity index (χ0) is 11.7. The number of hydrogen-bond donors (Lipinski definition) is 1. The van der Waals surface area contributed by atoms with E-state index >= 15 is 0 Å². The summed E-state index contributed by atoms with van der Waals surface area (Å²) < 4.78 is 27.6. The molecule has 1 nitrogen and oxygen atoms in total. The van der Waals surface area contributed by atoms with Crippen LogP contribution >= 0.6 is 27.7 Å². The van der Waals surface area contributed by atoms with Gasteiger partial charge in [-0.15, -0.1) is 0 Å². The van der Waals surface area contributed by atoms with Gasteiger partial charge in [0.25, 0.3) is 0 Å². The summed E-state index contributed by atoms with van der Waals surface area (Å²) in [4.78, 5) is 0. The van der Waals surface area contributed by atoms with Crippen LogP contribution in [0.1, 0.15) is 24.4 Å². The van der Waals surface area contributed by atoms with Gasteiger partial charge < -0.3 is 5.73 Å². The van der Waals surface area contributed by atoms with Crippen LogP contribution in [0.25, 0.3) is 0 Å². The quantitative estimate of drug-likeness (QED) is 0.845. The van der Waals surface area contributed by atoms with Crippen molar-refractivity contribution in [1.82, 2.24) is 0 Å². The zero-order valence-corrected chi connectivity index (χ0v) is 11.0. The molecular weight excluding hydrogens is 296 g/mol. The predicted octanol–water partition coefficient (Wildman–Crippen LogP) is 3.62. The maximum absolute atomic E-state index is 13.8. The number of nitrogens with two attached hydrogens (primary N) is 1. The highest BCUT2D eigenvalue weighted by Crippen LogP contribution is 2.37. The van der Waals surface area contributed by atoms with Crippen LogP contribution in [0.3, 0.4) is 0 Å². The van der Waals surface area contributed by atoms with Gasteiger partial charge in [0.1, 0.15) is 11.6 Å². The van der Waals surface area contributed by atoms with E-state index in [4.69, 9.17) is 5.73 Å². The molecule has 16 heavy (non-hydrogen) atoms. The van der Waals surface area contributed by atoms with Gasteiger partial charge in [-0.05, 0) is 46.7 Å². The van der Waals surface area contributed by atoms with Gasteiger partial charge >= 0.3 is 0 Å². The largest absolute Gasteiger partial charge is 0.323 e. The first-order valence-corrected chi connectivity index (χ1v) is 6.96. The van der Waals surface area contributed by atoms with Crippen LogP contribution in [0, 0.1) is 11.6 Å². The summed E-state index contributed by atoms with van der Waals surface area (Å²) >= 11 is 4.75. The van der Waals surface area contributed by atoms with Crippen molar-refractivity contribution in [3.8, 4) is 0 Å². The SMILES string of the molecule is NC(c1c(F)ccc(Br)c1F)C1CCCS1. The summed E-state index contributed by atoms with van der Waals surface area (Å²) in [5, 5.41) is 0.123. The summed E-state index contributed by atoms with van der Waals surface area (Å²) in [6.45, 7) is 0. The molecule has 5 heteroatoms. The Morgan fingerprint density at radius 2 is 2.19 bits per heavy atom. The molecule has 0 saturated carbocycles. The first-order chi connectivity index (χ1) is 7.61. The lowest BCUT2D eigenvalue weighted by molar-refractivity contribution is 0.511. The Hall–Kier alpha value is -0.130. The van der Waals surface area contributed by atoms with Crippen LogP contribution < -0.4 is 5.73 Å². The topological polar surface area (TPSA) is 26.0 Å². The van der Waals surface area contributed by atoms with Gasteiger partial charge in [-0.1, -0.05) is 0 Å². The normalized spacial score (nSPS) is 22.4. The average molecular weight is 308 g/mol. The molecule has 1 heterocycles. The summed E-state index contributed by atoms with van der Waals surface area (Å²) in [6, 6.07) is 2.05. The van der Waals surface area contributed by atoms with Crippen LogP contribution in [0.2, 0.25) is 0 Å². The maximum Gasteiger partial charge on any atom is 0.145 e. The van der Waals surface area contributed by atoms with E-state index in [2.05, 4.69) is 15.9 Å². The molecule has 2 atom stereocenters. The van der Waals surface area contributed by atoms with Crippen molar-refractivity contribution < 1.29 is 8.78 Å². The minimum atomic E-state index is -0.569. The third kappa shape index (κ3) is 2.26. The summed E-state index contributed by atoms with van der Waals surface area (Å²) in [5.41, 5.74) is 5.96. The smallest absolute Gasteiger partial charge is 0.145 e. The third-order valence-corrected chi connectivity index (χ3v) is 4.87. The molecule has 0 aromatic heterocycles. The van der Waals surface area contributed by atoms with Crippen LogP contribution in [0.4, 0.5) is 8.78 Å². The van der Waals surface area contributed by atoms with E-state index in [1.54, 1.807) is 11.8 Å². The van der Waals surface area contributed by atoms with E-state index in [0.717, 1.165) is 18.6 Å². The Morgan fingerprint density at radius 1 is 1.44 bits per heavy atom. The standard InChI is InChI=1S/C11H12BrF2NS/c12-6-3-4-7(13)9(10(6)14)11(15)8-2-1-5-16-8/h3-4,8,11H,1-2,5,15H2. The lowest BCUT2D eigenvalue weighted by Crippen LogP contribution is -2.24. The third-order valence-electron chi connectivity index (χ3n) is 2.78. The van der Waals surface area contributed by atoms with Gasteiger partial charge in [-0.2, -0.15) is 11.8 Å². The fourth-order valence-corrected chi connectivity index (χ4v) is 3.58. The van der Waals surface area contributed by atoms with Crippen LogP contribution in [0.5, 0.6) is 0 Å². The number of rotatable bonds is 2. The molecule has 2 unspecified atom stereocenters. The maximum atomic E-state index is 13.8. The Morgan fingerprint density at radius 3 is 2.81 bits per heavy atom. The second-order valence-electron chi connectivity index (χ2n) is 3.83. The van der Waals surface area contributed by atoms with Gasteiger partial charge in [-0.25, -0.2) is 8.78 Å². The first kappa shape index (κ1) is 12.3. The average Bonchev–Trinajstić information content (AvgIpc) is 2.77. The molecule has 0 bridgehead atoms. The Bertz CT molecular complexity index is 394. The van der Waals surface area contributed by atoms with E-state index in [9.17, 15) is 8.78 Å². The van der Waals surface area contributed by atoms with Crippen molar-refractivity contribution in [1.29, 1.82) is 0 Å². The van der Waals surface area contributed by atoms with Crippen LogP contribution in [0.15, 0.2) is 16.6 Å². The number of hydrogen-bond acceptors (Lipinski definition) is 2. The monoisotopic (exact) mass is 307 g/mol. The van der Waals surface area contributed by atoms with Gasteiger partial charge in [0.05, 0.1) is 4.47 Å².